The lowest BCUT2D eigenvalue weighted by atomic mass is 10.1. The number of nitrogens with one attached hydrogen (secondary N) is 1. The normalized spacial score (nSPS) is 12.2. The summed E-state index contributed by atoms with van der Waals surface area (Å²) in [4.78, 5) is 30.8. The Morgan fingerprint density at radius 3 is 2.45 bits per heavy atom. The maximum absolute atomic E-state index is 13.3. The Morgan fingerprint density at radius 2 is 1.71 bits per heavy atom. The molecule has 1 atom stereocenters. The number of aromatic nitrogens is 2. The van der Waals surface area contributed by atoms with E-state index in [1.807, 2.05) is 36.4 Å². The quantitative estimate of drug-likeness (QED) is 0.387. The average Bonchev–Trinajstić information content (AvgIpc) is 2.80. The van der Waals surface area contributed by atoms with Crippen LogP contribution in [0.4, 0.5) is 0 Å². The summed E-state index contributed by atoms with van der Waals surface area (Å²) in [5, 5.41) is 13.7. The number of nitrogens with zero attached hydrogens (tertiary/aromatic N) is 3. The van der Waals surface area contributed by atoms with Crippen LogP contribution in [0.1, 0.15) is 18.5 Å². The number of benzene rings is 3. The number of para-hydroxylation sites is 1. The van der Waals surface area contributed by atoms with Crippen LogP contribution in [-0.4, -0.2) is 26.8 Å². The van der Waals surface area contributed by atoms with Crippen molar-refractivity contribution in [2.75, 3.05) is 0 Å². The van der Waals surface area contributed by atoms with Crippen molar-refractivity contribution in [2.45, 2.75) is 13.0 Å². The Morgan fingerprint density at radius 1 is 1.03 bits per heavy atom. The van der Waals surface area contributed by atoms with Gasteiger partial charge in [-0.2, -0.15) is 5.10 Å². The van der Waals surface area contributed by atoms with Gasteiger partial charge in [0.1, 0.15) is 17.6 Å². The van der Waals surface area contributed by atoms with Crippen LogP contribution in [0.2, 0.25) is 0 Å². The van der Waals surface area contributed by atoms with Gasteiger partial charge in [0.05, 0.1) is 17.1 Å². The number of aromatic hydroxyl groups is 1. The summed E-state index contributed by atoms with van der Waals surface area (Å²) in [5.74, 6) is 0.104. The first-order valence-corrected chi connectivity index (χ1v) is 9.73. The first-order chi connectivity index (χ1) is 15.0. The first-order valence-electron chi connectivity index (χ1n) is 9.73. The number of rotatable bonds is 5. The molecule has 0 saturated heterocycles. The van der Waals surface area contributed by atoms with Crippen LogP contribution in [0.5, 0.6) is 5.75 Å². The van der Waals surface area contributed by atoms with Crippen LogP contribution >= 0.6 is 0 Å². The van der Waals surface area contributed by atoms with Crippen LogP contribution in [0.15, 0.2) is 88.8 Å². The second-order valence-electron chi connectivity index (χ2n) is 7.00. The molecule has 0 aliphatic carbocycles. The molecule has 0 spiro atoms. The summed E-state index contributed by atoms with van der Waals surface area (Å²) in [6, 6.07) is 21.9. The summed E-state index contributed by atoms with van der Waals surface area (Å²) in [6.45, 7) is 1.63. The Bertz CT molecular complexity index is 1310. The second-order valence-corrected chi connectivity index (χ2v) is 7.00. The van der Waals surface area contributed by atoms with Gasteiger partial charge in [-0.3, -0.25) is 14.2 Å². The minimum Gasteiger partial charge on any atom is -0.508 e. The highest BCUT2D eigenvalue weighted by atomic mass is 16.3. The third-order valence-corrected chi connectivity index (χ3v) is 4.89. The monoisotopic (exact) mass is 412 g/mol. The van der Waals surface area contributed by atoms with Crippen molar-refractivity contribution < 1.29 is 9.90 Å². The number of amides is 1. The highest BCUT2D eigenvalue weighted by Crippen LogP contribution is 2.22. The van der Waals surface area contributed by atoms with Crippen molar-refractivity contribution in [1.82, 2.24) is 15.0 Å². The minimum atomic E-state index is -0.850. The molecule has 7 nitrogen and oxygen atoms in total. The largest absolute Gasteiger partial charge is 0.508 e. The Balaban J connectivity index is 1.70. The number of hydrogen-bond acceptors (Lipinski definition) is 5. The molecule has 0 fully saturated rings. The topological polar surface area (TPSA) is 96.6 Å². The van der Waals surface area contributed by atoms with Gasteiger partial charge in [-0.1, -0.05) is 42.5 Å². The summed E-state index contributed by atoms with van der Waals surface area (Å²) in [6.07, 6.45) is 1.46. The van der Waals surface area contributed by atoms with Crippen LogP contribution in [0.25, 0.3) is 22.3 Å². The van der Waals surface area contributed by atoms with Crippen LogP contribution in [-0.2, 0) is 4.79 Å². The number of hydrazone groups is 1. The maximum Gasteiger partial charge on any atom is 0.263 e. The van der Waals surface area contributed by atoms with E-state index in [1.165, 1.54) is 22.9 Å². The third-order valence-electron chi connectivity index (χ3n) is 4.89. The van der Waals surface area contributed by atoms with Crippen LogP contribution < -0.4 is 11.0 Å². The summed E-state index contributed by atoms with van der Waals surface area (Å²) >= 11 is 0. The SMILES string of the molecule is C[C@@H](C(=O)N/N=C/c1ccc(O)cc1)n1c(-c2ccccc2)nc2ccccc2c1=O. The number of phenols is 1. The molecular weight excluding hydrogens is 392 g/mol. The molecule has 1 aromatic heterocycles. The molecule has 31 heavy (non-hydrogen) atoms. The van der Waals surface area contributed by atoms with E-state index < -0.39 is 11.9 Å². The zero-order valence-electron chi connectivity index (χ0n) is 16.8. The predicted molar refractivity (Wildman–Crippen MR) is 120 cm³/mol. The minimum absolute atomic E-state index is 0.145. The van der Waals surface area contributed by atoms with Crippen molar-refractivity contribution in [3.63, 3.8) is 0 Å². The molecule has 0 radical (unpaired) electrons. The molecular formula is C24H20N4O3. The van der Waals surface area contributed by atoms with E-state index in [0.717, 1.165) is 5.56 Å². The van der Waals surface area contributed by atoms with E-state index >= 15 is 0 Å². The van der Waals surface area contributed by atoms with Gasteiger partial charge in [-0.05, 0) is 48.9 Å². The van der Waals surface area contributed by atoms with Gasteiger partial charge in [0, 0.05) is 5.56 Å². The van der Waals surface area contributed by atoms with Gasteiger partial charge in [-0.25, -0.2) is 10.4 Å². The number of fused-ring (bicyclic) bond motifs is 1. The molecule has 2 N–H and O–H groups in total. The molecule has 4 aromatic rings. The highest BCUT2D eigenvalue weighted by molar-refractivity contribution is 5.85. The van der Waals surface area contributed by atoms with E-state index in [1.54, 1.807) is 37.3 Å². The van der Waals surface area contributed by atoms with Crippen molar-refractivity contribution in [1.29, 1.82) is 0 Å². The molecule has 1 amide bonds. The molecule has 7 heteroatoms. The Hall–Kier alpha value is -4.26. The lowest BCUT2D eigenvalue weighted by Gasteiger charge is -2.18. The van der Waals surface area contributed by atoms with Crippen molar-refractivity contribution in [3.05, 3.63) is 94.8 Å². The Labute approximate surface area is 178 Å². The smallest absolute Gasteiger partial charge is 0.263 e. The number of carbonyl (C=O) groups excluding carboxylic acids is 1. The van der Waals surface area contributed by atoms with Crippen LogP contribution in [0, 0.1) is 0 Å². The van der Waals surface area contributed by atoms with Gasteiger partial charge in [0.2, 0.25) is 0 Å². The number of carbonyl (C=O) groups is 1. The molecule has 0 saturated carbocycles. The van der Waals surface area contributed by atoms with E-state index in [4.69, 9.17) is 0 Å². The molecule has 0 aliphatic heterocycles. The summed E-state index contributed by atoms with van der Waals surface area (Å²) in [7, 11) is 0. The second kappa shape index (κ2) is 8.62. The summed E-state index contributed by atoms with van der Waals surface area (Å²) in [5.41, 5.74) is 4.19. The molecule has 154 valence electrons. The maximum atomic E-state index is 13.3. The van der Waals surface area contributed by atoms with Crippen LogP contribution in [0.3, 0.4) is 0 Å². The fourth-order valence-corrected chi connectivity index (χ4v) is 3.24. The van der Waals surface area contributed by atoms with Gasteiger partial charge < -0.3 is 5.11 Å². The fourth-order valence-electron chi connectivity index (χ4n) is 3.24. The molecule has 0 aliphatic rings. The van der Waals surface area contributed by atoms with E-state index in [-0.39, 0.29) is 11.3 Å². The van der Waals surface area contributed by atoms with Crippen molar-refractivity contribution in [2.24, 2.45) is 5.10 Å². The first kappa shape index (κ1) is 20.0. The van der Waals surface area contributed by atoms with E-state index in [0.29, 0.717) is 22.3 Å². The molecule has 1 heterocycles. The average molecular weight is 412 g/mol. The summed E-state index contributed by atoms with van der Waals surface area (Å²) < 4.78 is 1.39. The molecule has 0 unspecified atom stereocenters. The molecule has 4 rings (SSSR count). The standard InChI is InChI=1S/C24H20N4O3/c1-16(23(30)27-25-15-17-11-13-19(29)14-12-17)28-22(18-7-3-2-4-8-18)26-21-10-6-5-9-20(21)24(28)31/h2-16,29H,1H3,(H,27,30)/b25-15+/t16-/m0/s1. The number of phenolic OH excluding ortho intramolecular Hbond substituents is 1. The third kappa shape index (κ3) is 4.20. The van der Waals surface area contributed by atoms with E-state index in [9.17, 15) is 14.7 Å². The zero-order valence-corrected chi connectivity index (χ0v) is 16.8. The van der Waals surface area contributed by atoms with Gasteiger partial charge in [0.15, 0.2) is 0 Å². The van der Waals surface area contributed by atoms with E-state index in [2.05, 4.69) is 15.5 Å². The fraction of sp³-hybridized carbons (Fsp3) is 0.0833. The lowest BCUT2D eigenvalue weighted by molar-refractivity contribution is -0.123. The van der Waals surface area contributed by atoms with Gasteiger partial charge >= 0.3 is 0 Å². The van der Waals surface area contributed by atoms with Crippen molar-refractivity contribution in [3.8, 4) is 17.1 Å². The molecule has 0 bridgehead atoms. The lowest BCUT2D eigenvalue weighted by Crippen LogP contribution is -2.35. The number of hydrogen-bond donors (Lipinski definition) is 2. The predicted octanol–water partition coefficient (Wildman–Crippen LogP) is 3.48. The van der Waals surface area contributed by atoms with Gasteiger partial charge in [-0.15, -0.1) is 0 Å². The van der Waals surface area contributed by atoms with Crippen molar-refractivity contribution >= 4 is 23.0 Å². The highest BCUT2D eigenvalue weighted by Gasteiger charge is 2.22. The molecule has 3 aromatic carbocycles. The Kier molecular flexibility index (Phi) is 5.57. The van der Waals surface area contributed by atoms with Gasteiger partial charge in [0.25, 0.3) is 11.5 Å². The zero-order chi connectivity index (χ0) is 21.8.